The van der Waals surface area contributed by atoms with Gasteiger partial charge in [0.05, 0.1) is 10.7 Å². The van der Waals surface area contributed by atoms with E-state index in [1.165, 1.54) is 33.3 Å². The highest BCUT2D eigenvalue weighted by molar-refractivity contribution is 7.12. The fraction of sp³-hybridized carbons (Fsp3) is 0.533. The second kappa shape index (κ2) is 5.73. The van der Waals surface area contributed by atoms with Crippen LogP contribution in [0.25, 0.3) is 0 Å². The molecule has 0 radical (unpaired) electrons. The lowest BCUT2D eigenvalue weighted by molar-refractivity contribution is 0.590. The van der Waals surface area contributed by atoms with E-state index in [9.17, 15) is 0 Å². The predicted molar refractivity (Wildman–Crippen MR) is 83.2 cm³/mol. The van der Waals surface area contributed by atoms with Crippen LogP contribution in [-0.2, 0) is 13.0 Å². The summed E-state index contributed by atoms with van der Waals surface area (Å²) in [6.07, 6.45) is 3.66. The zero-order chi connectivity index (χ0) is 13.2. The quantitative estimate of drug-likeness (QED) is 0.864. The summed E-state index contributed by atoms with van der Waals surface area (Å²) in [7, 11) is 0. The number of nitrogens with one attached hydrogen (secondary N) is 1. The van der Waals surface area contributed by atoms with Crippen LogP contribution in [0.1, 0.15) is 53.1 Å². The molecule has 1 saturated carbocycles. The molecule has 1 aliphatic rings. The molecule has 3 rings (SSSR count). The van der Waals surface area contributed by atoms with E-state index in [1.54, 1.807) is 0 Å². The van der Waals surface area contributed by atoms with Crippen LogP contribution >= 0.6 is 22.7 Å². The molecule has 0 saturated heterocycles. The van der Waals surface area contributed by atoms with Crippen LogP contribution < -0.4 is 5.32 Å². The van der Waals surface area contributed by atoms with Crippen molar-refractivity contribution in [1.82, 2.24) is 10.3 Å². The third-order valence-electron chi connectivity index (χ3n) is 3.31. The molecule has 2 heterocycles. The Morgan fingerprint density at radius 2 is 2.26 bits per heavy atom. The first kappa shape index (κ1) is 13.3. The third-order valence-corrected chi connectivity index (χ3v) is 5.26. The zero-order valence-electron chi connectivity index (χ0n) is 11.5. The van der Waals surface area contributed by atoms with Crippen LogP contribution in [0, 0.1) is 0 Å². The van der Waals surface area contributed by atoms with Gasteiger partial charge < -0.3 is 5.32 Å². The van der Waals surface area contributed by atoms with Gasteiger partial charge in [-0.25, -0.2) is 4.98 Å². The van der Waals surface area contributed by atoms with Crippen LogP contribution in [0.4, 0.5) is 0 Å². The van der Waals surface area contributed by atoms with E-state index in [2.05, 4.69) is 36.7 Å². The molecule has 19 heavy (non-hydrogen) atoms. The van der Waals surface area contributed by atoms with Crippen LogP contribution in [0.2, 0.25) is 0 Å². The van der Waals surface area contributed by atoms with Gasteiger partial charge in [0.25, 0.3) is 0 Å². The first-order valence-electron chi connectivity index (χ1n) is 6.96. The maximum atomic E-state index is 4.91. The molecular formula is C15H20N2S2. The standard InChI is InChI=1S/C15H20N2S2/c1-10(2)16-9-13-15(11-5-6-11)17-14(19-13)8-12-4-3-7-18-12/h3-4,7,10-11,16H,5-6,8-9H2,1-2H3. The fourth-order valence-electron chi connectivity index (χ4n) is 2.15. The number of hydrogen-bond acceptors (Lipinski definition) is 4. The second-order valence-electron chi connectivity index (χ2n) is 5.48. The van der Waals surface area contributed by atoms with Crippen LogP contribution in [0.5, 0.6) is 0 Å². The average Bonchev–Trinajstić information content (AvgIpc) is 2.94. The van der Waals surface area contributed by atoms with Crippen LogP contribution in [-0.4, -0.2) is 11.0 Å². The van der Waals surface area contributed by atoms with E-state index in [0.717, 1.165) is 18.9 Å². The van der Waals surface area contributed by atoms with Crippen molar-refractivity contribution in [2.24, 2.45) is 0 Å². The van der Waals surface area contributed by atoms with Gasteiger partial charge in [-0.15, -0.1) is 22.7 Å². The monoisotopic (exact) mass is 292 g/mol. The lowest BCUT2D eigenvalue weighted by Crippen LogP contribution is -2.21. The Morgan fingerprint density at radius 3 is 2.89 bits per heavy atom. The molecule has 4 heteroatoms. The second-order valence-corrected chi connectivity index (χ2v) is 7.68. The number of aromatic nitrogens is 1. The van der Waals surface area contributed by atoms with Gasteiger partial charge in [0, 0.05) is 34.7 Å². The summed E-state index contributed by atoms with van der Waals surface area (Å²) in [6, 6.07) is 4.86. The summed E-state index contributed by atoms with van der Waals surface area (Å²) in [6.45, 7) is 5.38. The first-order chi connectivity index (χ1) is 9.22. The van der Waals surface area contributed by atoms with Crippen molar-refractivity contribution in [3.63, 3.8) is 0 Å². The number of hydrogen-bond donors (Lipinski definition) is 1. The molecule has 1 N–H and O–H groups in total. The van der Waals surface area contributed by atoms with Crippen molar-refractivity contribution < 1.29 is 0 Å². The molecular weight excluding hydrogens is 272 g/mol. The summed E-state index contributed by atoms with van der Waals surface area (Å²) in [5.41, 5.74) is 1.38. The zero-order valence-corrected chi connectivity index (χ0v) is 13.1. The molecule has 2 aromatic rings. The number of thiazole rings is 1. The van der Waals surface area contributed by atoms with E-state index in [4.69, 9.17) is 4.98 Å². The van der Waals surface area contributed by atoms with Gasteiger partial charge in [-0.1, -0.05) is 19.9 Å². The fourth-order valence-corrected chi connectivity index (χ4v) is 4.08. The van der Waals surface area contributed by atoms with Gasteiger partial charge in [-0.05, 0) is 24.3 Å². The number of nitrogens with zero attached hydrogens (tertiary/aromatic N) is 1. The Balaban J connectivity index is 1.76. The van der Waals surface area contributed by atoms with Gasteiger partial charge in [0.15, 0.2) is 0 Å². The van der Waals surface area contributed by atoms with Crippen molar-refractivity contribution in [1.29, 1.82) is 0 Å². The summed E-state index contributed by atoms with van der Waals surface area (Å²) in [5, 5.41) is 6.96. The molecule has 0 aromatic carbocycles. The molecule has 0 aliphatic heterocycles. The predicted octanol–water partition coefficient (Wildman–Crippen LogP) is 4.17. The Morgan fingerprint density at radius 1 is 1.42 bits per heavy atom. The van der Waals surface area contributed by atoms with Gasteiger partial charge in [-0.2, -0.15) is 0 Å². The summed E-state index contributed by atoms with van der Waals surface area (Å²) >= 11 is 3.73. The molecule has 2 aromatic heterocycles. The van der Waals surface area contributed by atoms with Crippen molar-refractivity contribution in [2.75, 3.05) is 0 Å². The Labute approximate surface area is 122 Å². The van der Waals surface area contributed by atoms with Crippen molar-refractivity contribution in [3.05, 3.63) is 38.0 Å². The topological polar surface area (TPSA) is 24.9 Å². The maximum absolute atomic E-state index is 4.91. The van der Waals surface area contributed by atoms with E-state index in [1.807, 2.05) is 22.7 Å². The van der Waals surface area contributed by atoms with Crippen LogP contribution in [0.3, 0.4) is 0 Å². The smallest absolute Gasteiger partial charge is 0.0983 e. The summed E-state index contributed by atoms with van der Waals surface area (Å²) in [4.78, 5) is 7.79. The van der Waals surface area contributed by atoms with Crippen molar-refractivity contribution in [3.8, 4) is 0 Å². The van der Waals surface area contributed by atoms with Gasteiger partial charge in [-0.3, -0.25) is 0 Å². The van der Waals surface area contributed by atoms with Crippen molar-refractivity contribution >= 4 is 22.7 Å². The van der Waals surface area contributed by atoms with Gasteiger partial charge in [0.1, 0.15) is 0 Å². The van der Waals surface area contributed by atoms with Crippen molar-refractivity contribution in [2.45, 2.75) is 51.6 Å². The molecule has 2 nitrogen and oxygen atoms in total. The molecule has 0 spiro atoms. The first-order valence-corrected chi connectivity index (χ1v) is 8.66. The normalized spacial score (nSPS) is 15.3. The molecule has 0 atom stereocenters. The lowest BCUT2D eigenvalue weighted by Gasteiger charge is -2.07. The lowest BCUT2D eigenvalue weighted by atomic mass is 10.2. The third kappa shape index (κ3) is 3.44. The average molecular weight is 292 g/mol. The van der Waals surface area contributed by atoms with E-state index < -0.39 is 0 Å². The molecule has 0 amide bonds. The molecule has 102 valence electrons. The molecule has 1 fully saturated rings. The minimum Gasteiger partial charge on any atom is -0.310 e. The summed E-state index contributed by atoms with van der Waals surface area (Å²) < 4.78 is 0. The Hall–Kier alpha value is -0.710. The van der Waals surface area contributed by atoms with Gasteiger partial charge in [0.2, 0.25) is 0 Å². The highest BCUT2D eigenvalue weighted by atomic mass is 32.1. The molecule has 0 unspecified atom stereocenters. The minimum absolute atomic E-state index is 0.537. The maximum Gasteiger partial charge on any atom is 0.0983 e. The van der Waals surface area contributed by atoms with Crippen LogP contribution in [0.15, 0.2) is 17.5 Å². The highest BCUT2D eigenvalue weighted by Gasteiger charge is 2.29. The number of rotatable bonds is 6. The summed E-state index contributed by atoms with van der Waals surface area (Å²) in [5.74, 6) is 0.747. The van der Waals surface area contributed by atoms with E-state index >= 15 is 0 Å². The highest BCUT2D eigenvalue weighted by Crippen LogP contribution is 2.43. The minimum atomic E-state index is 0.537. The van der Waals surface area contributed by atoms with E-state index in [-0.39, 0.29) is 0 Å². The van der Waals surface area contributed by atoms with Gasteiger partial charge >= 0.3 is 0 Å². The molecule has 1 aliphatic carbocycles. The SMILES string of the molecule is CC(C)NCc1sc(Cc2cccs2)nc1C1CC1. The van der Waals surface area contributed by atoms with E-state index in [0.29, 0.717) is 6.04 Å². The largest absolute Gasteiger partial charge is 0.310 e. The number of thiophene rings is 1. The molecule has 0 bridgehead atoms. The Bertz CT molecular complexity index is 524. The Kier molecular flexibility index (Phi) is 4.01.